The van der Waals surface area contributed by atoms with Crippen molar-refractivity contribution in [3.8, 4) is 5.75 Å². The third kappa shape index (κ3) is 3.43. The van der Waals surface area contributed by atoms with Crippen LogP contribution in [0.25, 0.3) is 10.8 Å². The van der Waals surface area contributed by atoms with Gasteiger partial charge in [-0.05, 0) is 30.3 Å². The molecule has 4 rings (SSSR count). The summed E-state index contributed by atoms with van der Waals surface area (Å²) in [6.07, 6.45) is 0. The van der Waals surface area contributed by atoms with E-state index in [1.54, 1.807) is 24.3 Å². The second-order valence-electron chi connectivity index (χ2n) is 5.74. The lowest BCUT2D eigenvalue weighted by Gasteiger charge is -2.22. The van der Waals surface area contributed by atoms with Gasteiger partial charge in [0.25, 0.3) is 15.6 Å². The van der Waals surface area contributed by atoms with E-state index in [9.17, 15) is 13.2 Å². The van der Waals surface area contributed by atoms with Gasteiger partial charge in [0.1, 0.15) is 11.3 Å². The Morgan fingerprint density at radius 3 is 2.72 bits per heavy atom. The molecule has 1 N–H and O–H groups in total. The minimum atomic E-state index is -4.15. The summed E-state index contributed by atoms with van der Waals surface area (Å²) in [7, 11) is -2.67. The van der Waals surface area contributed by atoms with Crippen molar-refractivity contribution in [3.05, 3.63) is 63.5 Å². The number of H-pyrrole nitrogens is 1. The summed E-state index contributed by atoms with van der Waals surface area (Å²) in [4.78, 5) is 12.0. The van der Waals surface area contributed by atoms with E-state index < -0.39 is 15.6 Å². The summed E-state index contributed by atoms with van der Waals surface area (Å²) >= 11 is 7.05. The molecule has 0 aliphatic heterocycles. The van der Waals surface area contributed by atoms with Crippen LogP contribution in [0, 0.1) is 0 Å². The molecule has 0 saturated heterocycles. The summed E-state index contributed by atoms with van der Waals surface area (Å²) in [5.74, 6) is 0.472. The van der Waals surface area contributed by atoms with Crippen LogP contribution < -0.4 is 14.6 Å². The first-order valence-corrected chi connectivity index (χ1v) is 10.7. The molecule has 0 spiro atoms. The third-order valence-corrected chi connectivity index (χ3v) is 6.85. The first kappa shape index (κ1) is 19.3. The van der Waals surface area contributed by atoms with E-state index in [2.05, 4.69) is 20.4 Å². The number of halogens is 1. The Morgan fingerprint density at radius 2 is 2.00 bits per heavy atom. The van der Waals surface area contributed by atoms with Crippen LogP contribution in [0.1, 0.15) is 0 Å². The summed E-state index contributed by atoms with van der Waals surface area (Å²) < 4.78 is 33.3. The molecule has 0 bridgehead atoms. The van der Waals surface area contributed by atoms with Gasteiger partial charge in [-0.2, -0.15) is 5.10 Å². The number of aromatic nitrogens is 4. The molecule has 9 nitrogen and oxygen atoms in total. The Kier molecular flexibility index (Phi) is 4.94. The lowest BCUT2D eigenvalue weighted by Crippen LogP contribution is -2.26. The number of ether oxygens (including phenoxy) is 1. The van der Waals surface area contributed by atoms with E-state index in [1.165, 1.54) is 30.8 Å². The van der Waals surface area contributed by atoms with Crippen molar-refractivity contribution in [1.29, 1.82) is 0 Å². The minimum absolute atomic E-state index is 0.0670. The molecule has 0 fully saturated rings. The predicted octanol–water partition coefficient (Wildman–Crippen LogP) is 2.96. The van der Waals surface area contributed by atoms with Crippen LogP contribution in [0.4, 0.5) is 10.8 Å². The van der Waals surface area contributed by atoms with E-state index in [4.69, 9.17) is 16.3 Å². The summed E-state index contributed by atoms with van der Waals surface area (Å²) in [5.41, 5.74) is 1.18. The predicted molar refractivity (Wildman–Crippen MR) is 110 cm³/mol. The van der Waals surface area contributed by atoms with E-state index in [0.717, 1.165) is 15.6 Å². The van der Waals surface area contributed by atoms with Crippen molar-refractivity contribution >= 4 is 54.6 Å². The van der Waals surface area contributed by atoms with Gasteiger partial charge in [0, 0.05) is 11.5 Å². The molecule has 2 heterocycles. The highest BCUT2D eigenvalue weighted by molar-refractivity contribution is 7.93. The maximum atomic E-state index is 13.5. The zero-order chi connectivity index (χ0) is 20.6. The van der Waals surface area contributed by atoms with Crippen LogP contribution in [0.3, 0.4) is 0 Å². The largest absolute Gasteiger partial charge is 0.497 e. The van der Waals surface area contributed by atoms with Crippen LogP contribution in [-0.4, -0.2) is 35.9 Å². The van der Waals surface area contributed by atoms with Crippen molar-refractivity contribution < 1.29 is 13.2 Å². The van der Waals surface area contributed by atoms with Gasteiger partial charge in [-0.1, -0.05) is 29.0 Å². The molecule has 0 unspecified atom stereocenters. The van der Waals surface area contributed by atoms with Crippen molar-refractivity contribution in [2.24, 2.45) is 0 Å². The van der Waals surface area contributed by atoms with E-state index in [1.807, 2.05) is 0 Å². The van der Waals surface area contributed by atoms with Gasteiger partial charge in [-0.3, -0.25) is 4.79 Å². The molecule has 0 saturated carbocycles. The Bertz CT molecular complexity index is 1360. The first-order chi connectivity index (χ1) is 13.9. The van der Waals surface area contributed by atoms with Crippen molar-refractivity contribution in [2.75, 3.05) is 11.4 Å². The third-order valence-electron chi connectivity index (χ3n) is 4.06. The number of anilines is 2. The average Bonchev–Trinajstić information content (AvgIpc) is 3.24. The average molecular weight is 450 g/mol. The molecule has 0 radical (unpaired) electrons. The lowest BCUT2D eigenvalue weighted by atomic mass is 10.2. The molecule has 0 aliphatic rings. The fraction of sp³-hybridized carbons (Fsp3) is 0.0588. The molecule has 0 atom stereocenters. The normalized spacial score (nSPS) is 11.5. The molecule has 12 heteroatoms. The number of aromatic amines is 1. The number of nitrogens with zero attached hydrogens (tertiary/aromatic N) is 4. The minimum Gasteiger partial charge on any atom is -0.497 e. The maximum Gasteiger partial charge on any atom is 0.272 e. The Labute approximate surface area is 173 Å². The van der Waals surface area contributed by atoms with Crippen LogP contribution in [0.2, 0.25) is 5.15 Å². The standard InChI is InChI=1S/C17H12ClN5O4S2/c1-27-11-4-2-3-10(7-11)23(17-22-19-9-28-17)29(25,26)12-5-6-13-14(8-12)16(24)21-20-15(13)18/h2-9H,1H3,(H,21,24). The SMILES string of the molecule is COc1cccc(N(c2nncs2)S(=O)(=O)c2ccc3c(Cl)n[nH]c(=O)c3c2)c1. The number of sulfonamides is 1. The first-order valence-electron chi connectivity index (χ1n) is 8.05. The molecule has 2 aromatic heterocycles. The van der Waals surface area contributed by atoms with Crippen LogP contribution >= 0.6 is 22.9 Å². The number of rotatable bonds is 5. The molecule has 4 aromatic rings. The van der Waals surface area contributed by atoms with Crippen LogP contribution in [-0.2, 0) is 10.0 Å². The number of methoxy groups -OCH3 is 1. The molecule has 0 amide bonds. The highest BCUT2D eigenvalue weighted by atomic mass is 35.5. The van der Waals surface area contributed by atoms with Gasteiger partial charge >= 0.3 is 0 Å². The fourth-order valence-electron chi connectivity index (χ4n) is 2.72. The number of benzene rings is 2. The second-order valence-corrected chi connectivity index (χ2v) is 8.70. The second kappa shape index (κ2) is 7.43. The number of hydrogen-bond donors (Lipinski definition) is 1. The Hall–Kier alpha value is -3.02. The Morgan fingerprint density at radius 1 is 1.17 bits per heavy atom. The topological polar surface area (TPSA) is 118 Å². The summed E-state index contributed by atoms with van der Waals surface area (Å²) in [6, 6.07) is 10.6. The molecular formula is C17H12ClN5O4S2. The van der Waals surface area contributed by atoms with E-state index in [-0.39, 0.29) is 20.6 Å². The zero-order valence-electron chi connectivity index (χ0n) is 14.7. The maximum absolute atomic E-state index is 13.5. The molecule has 2 aromatic carbocycles. The van der Waals surface area contributed by atoms with Gasteiger partial charge in [0.15, 0.2) is 5.15 Å². The lowest BCUT2D eigenvalue weighted by molar-refractivity contribution is 0.415. The van der Waals surface area contributed by atoms with Gasteiger partial charge in [0.2, 0.25) is 5.13 Å². The molecule has 29 heavy (non-hydrogen) atoms. The van der Waals surface area contributed by atoms with Crippen molar-refractivity contribution in [2.45, 2.75) is 4.90 Å². The van der Waals surface area contributed by atoms with Gasteiger partial charge < -0.3 is 4.74 Å². The molecule has 0 aliphatic carbocycles. The smallest absolute Gasteiger partial charge is 0.272 e. The Balaban J connectivity index is 1.94. The summed E-state index contributed by atoms with van der Waals surface area (Å²) in [5, 5.41) is 14.2. The van der Waals surface area contributed by atoms with Gasteiger partial charge in [-0.15, -0.1) is 10.2 Å². The monoisotopic (exact) mass is 449 g/mol. The van der Waals surface area contributed by atoms with E-state index in [0.29, 0.717) is 16.8 Å². The number of fused-ring (bicyclic) bond motifs is 1. The van der Waals surface area contributed by atoms with E-state index >= 15 is 0 Å². The van der Waals surface area contributed by atoms with Crippen LogP contribution in [0.15, 0.2) is 57.7 Å². The van der Waals surface area contributed by atoms with Crippen molar-refractivity contribution in [3.63, 3.8) is 0 Å². The van der Waals surface area contributed by atoms with Gasteiger partial charge in [0.05, 0.1) is 23.1 Å². The molecular weight excluding hydrogens is 438 g/mol. The van der Waals surface area contributed by atoms with Crippen molar-refractivity contribution in [1.82, 2.24) is 20.4 Å². The zero-order valence-corrected chi connectivity index (χ0v) is 17.1. The number of hydrogen-bond acceptors (Lipinski definition) is 8. The highest BCUT2D eigenvalue weighted by Crippen LogP contribution is 2.35. The highest BCUT2D eigenvalue weighted by Gasteiger charge is 2.30. The fourth-order valence-corrected chi connectivity index (χ4v) is 5.19. The molecule has 148 valence electrons. The van der Waals surface area contributed by atoms with Crippen LogP contribution in [0.5, 0.6) is 5.75 Å². The quantitative estimate of drug-likeness (QED) is 0.497. The van der Waals surface area contributed by atoms with Gasteiger partial charge in [-0.25, -0.2) is 17.8 Å². The number of nitrogens with one attached hydrogen (secondary N) is 1. The summed E-state index contributed by atoms with van der Waals surface area (Å²) in [6.45, 7) is 0.